The van der Waals surface area contributed by atoms with Gasteiger partial charge in [0.05, 0.1) is 17.9 Å². The molecule has 0 amide bonds. The van der Waals surface area contributed by atoms with E-state index in [1.54, 1.807) is 320 Å². The maximum absolute atomic E-state index is 14.4. The Hall–Kier alpha value is -8.15. The summed E-state index contributed by atoms with van der Waals surface area (Å²) in [5, 5.41) is 87.5. The molecule has 0 aromatic heterocycles. The molecule has 308 valence electrons. The van der Waals surface area contributed by atoms with Crippen LogP contribution in [0.5, 0.6) is 0 Å². The fourth-order valence-corrected chi connectivity index (χ4v) is 26.8. The van der Waals surface area contributed by atoms with Crippen molar-refractivity contribution in [1.82, 2.24) is 4.90 Å². The lowest BCUT2D eigenvalue weighted by molar-refractivity contribution is -0.144. The Kier molecular flexibility index (Phi) is 2.32. The zero-order chi connectivity index (χ0) is 43.4. The molecule has 2 spiro atoms. The van der Waals surface area contributed by atoms with Gasteiger partial charge in [-0.3, -0.25) is 4.79 Å². The number of likely N-dealkylation sites (N-methyl/N-ethyl adjacent to an activating group) is 1. The molecule has 1 aliphatic heterocycles. The summed E-state index contributed by atoms with van der Waals surface area (Å²) in [6, 6.07) is 0.0114. The highest BCUT2D eigenvalue weighted by molar-refractivity contribution is 6.82. The van der Waals surface area contributed by atoms with Crippen LogP contribution in [0.2, 0.25) is 0 Å². The molecule has 2 N–H and O–H groups in total. The number of nitrogens with two attached hydrogens (primary N) is 1. The van der Waals surface area contributed by atoms with Crippen molar-refractivity contribution < 1.29 is 9.53 Å². The minimum Gasteiger partial charge on any atom is -0.468 e. The van der Waals surface area contributed by atoms with E-state index in [2.05, 4.69) is 11.9 Å². The molecule has 28 aromatic carbocycles. The first-order valence-electron chi connectivity index (χ1n) is 26.9. The summed E-state index contributed by atoms with van der Waals surface area (Å²) in [5.74, 6) is -0.273. The van der Waals surface area contributed by atoms with Crippen molar-refractivity contribution >= 4 is 297 Å². The summed E-state index contributed by atoms with van der Waals surface area (Å²) in [7, 11) is 4.03. The van der Waals surface area contributed by atoms with Crippen LogP contribution in [0.25, 0.3) is 291 Å². The predicted molar refractivity (Wildman–Crippen MR) is 297 cm³/mol. The van der Waals surface area contributed by atoms with Gasteiger partial charge in [0.15, 0.2) is 0 Å². The van der Waals surface area contributed by atoms with Gasteiger partial charge in [-0.1, -0.05) is 0 Å². The first-order valence-corrected chi connectivity index (χ1v) is 26.9. The number of methoxy groups -OCH3 is 1. The number of likely N-dealkylation sites (tertiary alicyclic amines) is 1. The van der Waals surface area contributed by atoms with Crippen LogP contribution in [-0.4, -0.2) is 43.2 Å². The summed E-state index contributed by atoms with van der Waals surface area (Å²) in [6.07, 6.45) is 0.665. The third-order valence-corrected chi connectivity index (χ3v) is 27.0. The van der Waals surface area contributed by atoms with Crippen LogP contribution in [0.15, 0.2) is 0 Å². The zero-order valence-electron chi connectivity index (χ0n) is 37.4. The van der Waals surface area contributed by atoms with E-state index in [0.29, 0.717) is 6.42 Å². The van der Waals surface area contributed by atoms with Gasteiger partial charge in [-0.15, -0.1) is 0 Å². The maximum Gasteiger partial charge on any atom is 0.326 e. The molecule has 72 heavy (non-hydrogen) atoms. The van der Waals surface area contributed by atoms with Crippen molar-refractivity contribution in [1.29, 1.82) is 0 Å². The smallest absolute Gasteiger partial charge is 0.326 e. The van der Waals surface area contributed by atoms with E-state index in [1.807, 2.05) is 0 Å². The number of carbonyl (C=O) groups excluding carboxylic acids is 1. The van der Waals surface area contributed by atoms with Gasteiger partial charge < -0.3 is 15.4 Å². The molecule has 2 fully saturated rings. The SMILES string of the molecule is COC(=O)[C@]1(N)C[C@H]1C1N(C)CC23c4c5c6c7c8c9c(c%10c%11c2c2c4c4c%12c5c5c6c6c8c8c%13c9c9c%10c%10c%11c%11c2c2c4c4c%12c%12c5c5c6c8c6c8c%13c9c9c%10c%10c%11c2c2c4c4c%12c5c6c5c8c9c%10c2c45)C713. The van der Waals surface area contributed by atoms with E-state index in [0.717, 1.165) is 6.54 Å². The van der Waals surface area contributed by atoms with Gasteiger partial charge in [0, 0.05) is 18.5 Å². The Labute approximate surface area is 392 Å². The van der Waals surface area contributed by atoms with E-state index >= 15 is 0 Å². The van der Waals surface area contributed by atoms with Gasteiger partial charge in [-0.2, -0.15) is 0 Å². The number of hydrogen-bond donors (Lipinski definition) is 1. The van der Waals surface area contributed by atoms with Crippen molar-refractivity contribution in [2.45, 2.75) is 28.8 Å². The second kappa shape index (κ2) is 6.08. The first-order chi connectivity index (χ1) is 35.6. The minimum atomic E-state index is -1.02. The Balaban J connectivity index is 1.14. The molecule has 28 aromatic rings. The van der Waals surface area contributed by atoms with E-state index in [9.17, 15) is 4.79 Å². The van der Waals surface area contributed by atoms with Crippen LogP contribution in [0.3, 0.4) is 0 Å². The topological polar surface area (TPSA) is 55.6 Å². The van der Waals surface area contributed by atoms with E-state index < -0.39 is 11.0 Å². The highest BCUT2D eigenvalue weighted by Crippen LogP contribution is 2.86. The second-order valence-corrected chi connectivity index (χ2v) is 27.2. The molecule has 1 saturated heterocycles. The summed E-state index contributed by atoms with van der Waals surface area (Å²) >= 11 is 0. The molecule has 34 rings (SSSR count). The molecule has 1 heterocycles. The third-order valence-electron chi connectivity index (χ3n) is 27.0. The maximum atomic E-state index is 14.4. The fraction of sp³-hybridized carbons (Fsp3) is 0.132. The van der Waals surface area contributed by atoms with Crippen LogP contribution in [0, 0.1) is 5.92 Å². The highest BCUT2D eigenvalue weighted by atomic mass is 16.5. The second-order valence-electron chi connectivity index (χ2n) is 27.2. The van der Waals surface area contributed by atoms with Crippen molar-refractivity contribution in [2.24, 2.45) is 11.7 Å². The minimum absolute atomic E-state index is 0.0114. The molecule has 3 atom stereocenters. The number of nitrogens with zero attached hydrogens (tertiary/aromatic N) is 1. The molecule has 4 heteroatoms. The van der Waals surface area contributed by atoms with Gasteiger partial charge in [0.1, 0.15) is 5.54 Å². The van der Waals surface area contributed by atoms with Crippen LogP contribution >= 0.6 is 0 Å². The highest BCUT2D eigenvalue weighted by Gasteiger charge is 2.80. The summed E-state index contributed by atoms with van der Waals surface area (Å²) in [4.78, 5) is 17.2. The van der Waals surface area contributed by atoms with Crippen molar-refractivity contribution in [3.63, 3.8) is 0 Å². The van der Waals surface area contributed by atoms with Crippen LogP contribution in [0.4, 0.5) is 0 Å². The molecule has 5 aliphatic carbocycles. The van der Waals surface area contributed by atoms with Gasteiger partial charge in [-0.05, 0) is 327 Å². The van der Waals surface area contributed by atoms with Crippen LogP contribution < -0.4 is 5.73 Å². The molecule has 1 unspecified atom stereocenters. The lowest BCUT2D eigenvalue weighted by Crippen LogP contribution is -2.56. The summed E-state index contributed by atoms with van der Waals surface area (Å²) in [6.45, 7) is 0.932. The van der Waals surface area contributed by atoms with E-state index in [1.165, 1.54) is 0 Å². The quantitative estimate of drug-likeness (QED) is 0.139. The number of rotatable bonds is 2. The number of ether oxygens (including phenoxy) is 1. The zero-order valence-corrected chi connectivity index (χ0v) is 37.4. The Morgan fingerprint density at radius 1 is 0.361 bits per heavy atom. The number of carbonyl (C=O) groups is 1. The Morgan fingerprint density at radius 3 is 0.764 bits per heavy atom. The van der Waals surface area contributed by atoms with Crippen molar-refractivity contribution in [3.8, 4) is 0 Å². The number of esters is 1. The third kappa shape index (κ3) is 1.43. The molecular weight excluding hydrogens is 877 g/mol. The molecule has 0 bridgehead atoms. The van der Waals surface area contributed by atoms with Gasteiger partial charge in [0.25, 0.3) is 0 Å². The predicted octanol–water partition coefficient (Wildman–Crippen LogP) is 15.5. The molecule has 0 radical (unpaired) electrons. The number of hydrogen-bond acceptors (Lipinski definition) is 4. The first kappa shape index (κ1) is 27.5. The molecule has 4 nitrogen and oxygen atoms in total. The lowest BCUT2D eigenvalue weighted by Gasteiger charge is -2.52. The normalized spacial score (nSPS) is 27.4. The van der Waals surface area contributed by atoms with Crippen LogP contribution in [-0.2, 0) is 20.4 Å². The lowest BCUT2D eigenvalue weighted by atomic mass is 9.47. The monoisotopic (exact) mass is 890 g/mol. The number of benzene rings is 18. The van der Waals surface area contributed by atoms with Crippen molar-refractivity contribution in [3.05, 3.63) is 22.3 Å². The van der Waals surface area contributed by atoms with Gasteiger partial charge >= 0.3 is 5.97 Å². The summed E-state index contributed by atoms with van der Waals surface area (Å²) in [5.41, 5.74) is 12.5. The molecule has 6 aliphatic rings. The van der Waals surface area contributed by atoms with Gasteiger partial charge in [-0.25, -0.2) is 0 Å². The van der Waals surface area contributed by atoms with Crippen molar-refractivity contribution in [2.75, 3.05) is 20.7 Å². The molecule has 1 saturated carbocycles. The average Bonchev–Trinajstić information content (AvgIpc) is 4.42. The standard InChI is InChI=1S/C68H14N2O2/c1-70-4-66-60-52-44-34-24-16-8-6-7-10-14-12(8)20-28-22(14)32-26-18(10)19-11(7)15-13-9(6)17(16)25-31-21(13)29-23(15)33-27(19)37-36(26)48-42(32)50-40(28)46(38(44)30(20)24)54(60)56(50)62-58(48)59-49(37)43(33)51-41(29)47-39(31)45(35(25)34)53(52)61(66)55(47)57(51)63(59)68(62,66)64(70)5-3-67(5,69)65(71)72-2/h5,64H,3-4,69H2,1-2H3/t5-,64?,66?,67-,68?/m0/s1. The van der Waals surface area contributed by atoms with E-state index in [4.69, 9.17) is 10.5 Å². The fourth-order valence-electron chi connectivity index (χ4n) is 26.8. The Morgan fingerprint density at radius 2 is 0.556 bits per heavy atom. The van der Waals surface area contributed by atoms with Crippen LogP contribution in [0.1, 0.15) is 28.7 Å². The largest absolute Gasteiger partial charge is 0.468 e. The molecular formula is C68H14N2O2. The average molecular weight is 891 g/mol. The van der Waals surface area contributed by atoms with Gasteiger partial charge in [0.2, 0.25) is 0 Å². The summed E-state index contributed by atoms with van der Waals surface area (Å²) < 4.78 is 5.74. The van der Waals surface area contributed by atoms with E-state index in [-0.39, 0.29) is 23.3 Å². The Bertz CT molecular complexity index is 7180.